The van der Waals surface area contributed by atoms with Crippen molar-refractivity contribution in [1.29, 1.82) is 0 Å². The Bertz CT molecular complexity index is 262. The maximum atomic E-state index is 11.2. The number of aliphatic hydroxyl groups is 1. The van der Waals surface area contributed by atoms with Crippen LogP contribution in [0, 0.1) is 5.41 Å². The van der Waals surface area contributed by atoms with Gasteiger partial charge in [-0.05, 0) is 18.3 Å². The van der Waals surface area contributed by atoms with E-state index >= 15 is 0 Å². The number of nitrogens with zero attached hydrogens (tertiary/aromatic N) is 1. The molecule has 3 atom stereocenters. The third kappa shape index (κ3) is 2.72. The highest BCUT2D eigenvalue weighted by atomic mass is 16.3. The average Bonchev–Trinajstić information content (AvgIpc) is 2.62. The Hall–Kier alpha value is -0.650. The third-order valence-electron chi connectivity index (χ3n) is 3.28. The summed E-state index contributed by atoms with van der Waals surface area (Å²) in [4.78, 5) is 12.9. The van der Waals surface area contributed by atoms with Gasteiger partial charge in [0.25, 0.3) is 0 Å². The Morgan fingerprint density at radius 2 is 2.06 bits per heavy atom. The largest absolute Gasteiger partial charge is 0.377 e. The molecule has 1 heterocycles. The predicted octanol–water partition coefficient (Wildman–Crippen LogP) is -0.372. The maximum absolute atomic E-state index is 11.2. The zero-order chi connectivity index (χ0) is 12.5. The van der Waals surface area contributed by atoms with Crippen LogP contribution in [-0.4, -0.2) is 40.8 Å². The predicted molar refractivity (Wildman–Crippen MR) is 62.4 cm³/mol. The molecule has 94 valence electrons. The highest BCUT2D eigenvalue weighted by Crippen LogP contribution is 2.26. The second-order valence-electron chi connectivity index (χ2n) is 5.60. The van der Waals surface area contributed by atoms with Gasteiger partial charge in [-0.15, -0.1) is 0 Å². The van der Waals surface area contributed by atoms with Crippen molar-refractivity contribution in [3.05, 3.63) is 0 Å². The number of carbonyl (C=O) groups is 1. The molecule has 0 aromatic carbocycles. The summed E-state index contributed by atoms with van der Waals surface area (Å²) in [6, 6.07) is -0.768. The molecular weight excluding hydrogens is 206 g/mol. The average molecular weight is 229 g/mol. The number of hydrogen-bond acceptors (Lipinski definition) is 4. The molecular formula is C11H23N3O2. The second kappa shape index (κ2) is 4.69. The highest BCUT2D eigenvalue weighted by Gasteiger charge is 2.39. The van der Waals surface area contributed by atoms with E-state index in [-0.39, 0.29) is 17.4 Å². The number of amides is 1. The summed E-state index contributed by atoms with van der Waals surface area (Å²) < 4.78 is 0. The number of carbonyl (C=O) groups excluding carboxylic acids is 1. The van der Waals surface area contributed by atoms with Gasteiger partial charge < -0.3 is 16.6 Å². The van der Waals surface area contributed by atoms with E-state index in [2.05, 4.69) is 0 Å². The minimum absolute atomic E-state index is 0.204. The molecule has 1 saturated heterocycles. The minimum Gasteiger partial charge on any atom is -0.377 e. The lowest BCUT2D eigenvalue weighted by Gasteiger charge is -2.37. The first-order valence-electron chi connectivity index (χ1n) is 5.74. The van der Waals surface area contributed by atoms with Crippen LogP contribution in [0.3, 0.4) is 0 Å². The zero-order valence-electron chi connectivity index (χ0n) is 10.3. The van der Waals surface area contributed by atoms with Gasteiger partial charge in [0.1, 0.15) is 6.23 Å². The summed E-state index contributed by atoms with van der Waals surface area (Å²) in [6.45, 7) is 6.58. The number of primary amides is 1. The van der Waals surface area contributed by atoms with E-state index in [1.807, 2.05) is 20.8 Å². The van der Waals surface area contributed by atoms with Crippen molar-refractivity contribution in [2.24, 2.45) is 16.9 Å². The minimum atomic E-state index is -0.806. The fourth-order valence-electron chi connectivity index (χ4n) is 2.06. The van der Waals surface area contributed by atoms with Gasteiger partial charge in [-0.2, -0.15) is 0 Å². The summed E-state index contributed by atoms with van der Waals surface area (Å²) in [6.07, 6.45) is 0.783. The summed E-state index contributed by atoms with van der Waals surface area (Å²) in [7, 11) is 0. The zero-order valence-corrected chi connectivity index (χ0v) is 10.3. The van der Waals surface area contributed by atoms with Crippen molar-refractivity contribution in [2.45, 2.75) is 51.9 Å². The van der Waals surface area contributed by atoms with Crippen molar-refractivity contribution in [3.63, 3.8) is 0 Å². The van der Waals surface area contributed by atoms with Gasteiger partial charge in [0.05, 0.1) is 6.04 Å². The van der Waals surface area contributed by atoms with Gasteiger partial charge in [0.15, 0.2) is 0 Å². The Balaban J connectivity index is 2.73. The van der Waals surface area contributed by atoms with Crippen molar-refractivity contribution in [2.75, 3.05) is 6.54 Å². The molecule has 1 unspecified atom stereocenters. The molecule has 1 aliphatic heterocycles. The molecule has 0 aliphatic carbocycles. The van der Waals surface area contributed by atoms with Crippen LogP contribution >= 0.6 is 0 Å². The first-order valence-corrected chi connectivity index (χ1v) is 5.74. The van der Waals surface area contributed by atoms with Crippen molar-refractivity contribution >= 4 is 5.91 Å². The Morgan fingerprint density at radius 3 is 2.50 bits per heavy atom. The van der Waals surface area contributed by atoms with Crippen LogP contribution in [-0.2, 0) is 4.79 Å². The van der Waals surface area contributed by atoms with Gasteiger partial charge in [-0.1, -0.05) is 20.8 Å². The fraction of sp³-hybridized carbons (Fsp3) is 0.909. The van der Waals surface area contributed by atoms with Crippen LogP contribution < -0.4 is 11.5 Å². The molecule has 1 fully saturated rings. The smallest absolute Gasteiger partial charge is 0.234 e. The maximum Gasteiger partial charge on any atom is 0.234 e. The molecule has 0 aromatic rings. The Morgan fingerprint density at radius 1 is 1.50 bits per heavy atom. The molecule has 16 heavy (non-hydrogen) atoms. The lowest BCUT2D eigenvalue weighted by Crippen LogP contribution is -2.57. The van der Waals surface area contributed by atoms with Gasteiger partial charge >= 0.3 is 0 Å². The molecule has 0 aromatic heterocycles. The van der Waals surface area contributed by atoms with Gasteiger partial charge in [0, 0.05) is 12.6 Å². The molecule has 0 saturated carbocycles. The molecule has 0 spiro atoms. The standard InChI is InChI=1S/C11H23N3O2/c1-11(2,3)8(12)10(16)14-6-4-5-7(14)9(13)15/h7-8,10,16H,4-6,12H2,1-3H3,(H2,13,15)/t7-,8+,10?/m0/s1. The van der Waals surface area contributed by atoms with Crippen LogP contribution in [0.5, 0.6) is 0 Å². The van der Waals surface area contributed by atoms with Crippen LogP contribution in [0.1, 0.15) is 33.6 Å². The van der Waals surface area contributed by atoms with E-state index in [4.69, 9.17) is 11.5 Å². The quantitative estimate of drug-likeness (QED) is 0.615. The normalized spacial score (nSPS) is 26.7. The van der Waals surface area contributed by atoms with E-state index in [9.17, 15) is 9.90 Å². The summed E-state index contributed by atoms with van der Waals surface area (Å²) in [5.74, 6) is -0.377. The van der Waals surface area contributed by atoms with E-state index in [1.54, 1.807) is 4.90 Å². The van der Waals surface area contributed by atoms with E-state index < -0.39 is 12.3 Å². The van der Waals surface area contributed by atoms with Gasteiger partial charge in [-0.25, -0.2) is 0 Å². The van der Waals surface area contributed by atoms with Crippen molar-refractivity contribution in [3.8, 4) is 0 Å². The fourth-order valence-corrected chi connectivity index (χ4v) is 2.06. The first-order chi connectivity index (χ1) is 7.25. The molecule has 0 bridgehead atoms. The van der Waals surface area contributed by atoms with Crippen molar-refractivity contribution < 1.29 is 9.90 Å². The summed E-state index contributed by atoms with van der Waals surface area (Å²) in [5, 5.41) is 10.2. The highest BCUT2D eigenvalue weighted by molar-refractivity contribution is 5.80. The van der Waals surface area contributed by atoms with Crippen LogP contribution in [0.25, 0.3) is 0 Å². The monoisotopic (exact) mass is 229 g/mol. The van der Waals surface area contributed by atoms with Gasteiger partial charge in [0.2, 0.25) is 5.91 Å². The van der Waals surface area contributed by atoms with E-state index in [0.29, 0.717) is 13.0 Å². The molecule has 1 amide bonds. The second-order valence-corrected chi connectivity index (χ2v) is 5.60. The third-order valence-corrected chi connectivity index (χ3v) is 3.28. The number of aliphatic hydroxyl groups excluding tert-OH is 1. The Labute approximate surface area is 96.8 Å². The summed E-state index contributed by atoms with van der Waals surface area (Å²) in [5.41, 5.74) is 11.1. The van der Waals surface area contributed by atoms with Crippen LogP contribution in [0.15, 0.2) is 0 Å². The molecule has 1 rings (SSSR count). The molecule has 5 nitrogen and oxygen atoms in total. The van der Waals surface area contributed by atoms with Crippen LogP contribution in [0.2, 0.25) is 0 Å². The SMILES string of the molecule is CC(C)(C)[C@H](N)C(O)N1CCC[C@H]1C(N)=O. The van der Waals surface area contributed by atoms with Crippen LogP contribution in [0.4, 0.5) is 0 Å². The van der Waals surface area contributed by atoms with E-state index in [1.165, 1.54) is 0 Å². The molecule has 5 N–H and O–H groups in total. The number of rotatable bonds is 3. The lowest BCUT2D eigenvalue weighted by atomic mass is 9.86. The number of hydrogen-bond donors (Lipinski definition) is 3. The van der Waals surface area contributed by atoms with Gasteiger partial charge in [-0.3, -0.25) is 9.69 Å². The number of nitrogens with two attached hydrogens (primary N) is 2. The number of likely N-dealkylation sites (tertiary alicyclic amines) is 1. The Kier molecular flexibility index (Phi) is 3.93. The summed E-state index contributed by atoms with van der Waals surface area (Å²) >= 11 is 0. The molecule has 1 aliphatic rings. The first kappa shape index (κ1) is 13.4. The molecule has 0 radical (unpaired) electrons. The topological polar surface area (TPSA) is 92.6 Å². The molecule has 5 heteroatoms. The van der Waals surface area contributed by atoms with Crippen molar-refractivity contribution in [1.82, 2.24) is 4.90 Å². The van der Waals surface area contributed by atoms with E-state index in [0.717, 1.165) is 6.42 Å². The lowest BCUT2D eigenvalue weighted by molar-refractivity contribution is -0.128.